The van der Waals surface area contributed by atoms with Gasteiger partial charge in [-0.2, -0.15) is 0 Å². The fraction of sp³-hybridized carbons (Fsp3) is 0.917. The fourth-order valence-electron chi connectivity index (χ4n) is 2.14. The molecule has 1 saturated heterocycles. The van der Waals surface area contributed by atoms with Gasteiger partial charge in [0.15, 0.2) is 0 Å². The number of carbonyl (C=O) groups is 1. The first-order chi connectivity index (χ1) is 6.86. The number of amides is 1. The van der Waals surface area contributed by atoms with Crippen molar-refractivity contribution in [1.82, 2.24) is 4.90 Å². The molecule has 1 aliphatic rings. The van der Waals surface area contributed by atoms with Gasteiger partial charge in [0.2, 0.25) is 5.91 Å². The molecule has 0 bridgehead atoms. The van der Waals surface area contributed by atoms with E-state index in [1.54, 1.807) is 0 Å². The summed E-state index contributed by atoms with van der Waals surface area (Å²) in [6, 6.07) is 0.158. The third kappa shape index (κ3) is 2.94. The Morgan fingerprint density at radius 3 is 2.53 bits per heavy atom. The van der Waals surface area contributed by atoms with E-state index in [0.717, 1.165) is 25.9 Å². The molecule has 0 spiro atoms. The summed E-state index contributed by atoms with van der Waals surface area (Å²) < 4.78 is 0. The number of hydrogen-bond donors (Lipinski definition) is 1. The maximum absolute atomic E-state index is 12.2. The SMILES string of the molecule is CCC(C)(C)C(=O)N1CC(C)CC(N)C1. The zero-order chi connectivity index (χ0) is 11.6. The third-order valence-electron chi connectivity index (χ3n) is 3.44. The maximum Gasteiger partial charge on any atom is 0.228 e. The van der Waals surface area contributed by atoms with E-state index in [9.17, 15) is 4.79 Å². The average molecular weight is 212 g/mol. The number of hydrogen-bond acceptors (Lipinski definition) is 2. The summed E-state index contributed by atoms with van der Waals surface area (Å²) in [5.41, 5.74) is 5.70. The van der Waals surface area contributed by atoms with Gasteiger partial charge in [0.05, 0.1) is 0 Å². The first-order valence-electron chi connectivity index (χ1n) is 5.91. The van der Waals surface area contributed by atoms with Gasteiger partial charge in [0.25, 0.3) is 0 Å². The molecule has 0 saturated carbocycles. The van der Waals surface area contributed by atoms with Gasteiger partial charge in [0.1, 0.15) is 0 Å². The molecule has 2 atom stereocenters. The van der Waals surface area contributed by atoms with E-state index < -0.39 is 0 Å². The summed E-state index contributed by atoms with van der Waals surface area (Å²) in [5.74, 6) is 0.789. The minimum absolute atomic E-state index is 0.158. The Morgan fingerprint density at radius 2 is 2.07 bits per heavy atom. The van der Waals surface area contributed by atoms with E-state index in [4.69, 9.17) is 5.73 Å². The zero-order valence-electron chi connectivity index (χ0n) is 10.4. The van der Waals surface area contributed by atoms with Crippen molar-refractivity contribution in [2.24, 2.45) is 17.1 Å². The van der Waals surface area contributed by atoms with Gasteiger partial charge in [-0.05, 0) is 18.8 Å². The number of piperidine rings is 1. The van der Waals surface area contributed by atoms with Gasteiger partial charge < -0.3 is 10.6 Å². The maximum atomic E-state index is 12.2. The van der Waals surface area contributed by atoms with Crippen molar-refractivity contribution in [2.45, 2.75) is 46.6 Å². The number of rotatable bonds is 2. The van der Waals surface area contributed by atoms with Gasteiger partial charge in [-0.1, -0.05) is 27.7 Å². The molecule has 0 radical (unpaired) electrons. The summed E-state index contributed by atoms with van der Waals surface area (Å²) in [6.45, 7) is 9.85. The van der Waals surface area contributed by atoms with Crippen molar-refractivity contribution in [3.63, 3.8) is 0 Å². The van der Waals surface area contributed by atoms with Gasteiger partial charge in [-0.25, -0.2) is 0 Å². The fourth-order valence-corrected chi connectivity index (χ4v) is 2.14. The highest BCUT2D eigenvalue weighted by molar-refractivity contribution is 5.82. The van der Waals surface area contributed by atoms with Crippen LogP contribution in [-0.2, 0) is 4.79 Å². The summed E-state index contributed by atoms with van der Waals surface area (Å²) in [5, 5.41) is 0. The molecule has 15 heavy (non-hydrogen) atoms. The predicted molar refractivity (Wildman–Crippen MR) is 62.4 cm³/mol. The average Bonchev–Trinajstić information content (AvgIpc) is 2.15. The van der Waals surface area contributed by atoms with E-state index in [2.05, 4.69) is 13.8 Å². The summed E-state index contributed by atoms with van der Waals surface area (Å²) in [6.07, 6.45) is 1.92. The molecule has 1 rings (SSSR count). The minimum atomic E-state index is -0.239. The number of carbonyl (C=O) groups excluding carboxylic acids is 1. The van der Waals surface area contributed by atoms with Crippen LogP contribution in [0, 0.1) is 11.3 Å². The lowest BCUT2D eigenvalue weighted by molar-refractivity contribution is -0.142. The minimum Gasteiger partial charge on any atom is -0.340 e. The van der Waals surface area contributed by atoms with Crippen LogP contribution in [0.4, 0.5) is 0 Å². The Morgan fingerprint density at radius 1 is 1.47 bits per heavy atom. The molecule has 0 aromatic carbocycles. The summed E-state index contributed by atoms with van der Waals surface area (Å²) in [4.78, 5) is 14.2. The smallest absolute Gasteiger partial charge is 0.228 e. The van der Waals surface area contributed by atoms with Gasteiger partial charge in [-0.15, -0.1) is 0 Å². The van der Waals surface area contributed by atoms with Crippen LogP contribution in [0.5, 0.6) is 0 Å². The lowest BCUT2D eigenvalue weighted by Gasteiger charge is -2.38. The third-order valence-corrected chi connectivity index (χ3v) is 3.44. The predicted octanol–water partition coefficient (Wildman–Crippen LogP) is 1.62. The lowest BCUT2D eigenvalue weighted by atomic mass is 9.86. The second kappa shape index (κ2) is 4.52. The first kappa shape index (κ1) is 12.5. The molecule has 2 unspecified atom stereocenters. The second-order valence-electron chi connectivity index (χ2n) is 5.55. The lowest BCUT2D eigenvalue weighted by Crippen LogP contribution is -2.52. The molecule has 1 heterocycles. The van der Waals surface area contributed by atoms with E-state index in [0.29, 0.717) is 5.92 Å². The highest BCUT2D eigenvalue weighted by atomic mass is 16.2. The van der Waals surface area contributed by atoms with Crippen LogP contribution in [0.1, 0.15) is 40.5 Å². The standard InChI is InChI=1S/C12H24N2O/c1-5-12(3,4)11(15)14-7-9(2)6-10(13)8-14/h9-10H,5-8,13H2,1-4H3. The molecule has 0 aromatic heterocycles. The number of likely N-dealkylation sites (tertiary alicyclic amines) is 1. The van der Waals surface area contributed by atoms with Gasteiger partial charge in [0, 0.05) is 24.5 Å². The van der Waals surface area contributed by atoms with Crippen LogP contribution in [0.25, 0.3) is 0 Å². The molecule has 88 valence electrons. The molecule has 0 aliphatic carbocycles. The monoisotopic (exact) mass is 212 g/mol. The van der Waals surface area contributed by atoms with Crippen LogP contribution < -0.4 is 5.73 Å². The highest BCUT2D eigenvalue weighted by Crippen LogP contribution is 2.26. The molecule has 1 amide bonds. The normalized spacial score (nSPS) is 27.9. The van der Waals surface area contributed by atoms with Crippen molar-refractivity contribution in [1.29, 1.82) is 0 Å². The molecule has 0 aromatic rings. The number of nitrogens with two attached hydrogens (primary N) is 1. The Bertz CT molecular complexity index is 228. The molecule has 3 heteroatoms. The van der Waals surface area contributed by atoms with Crippen LogP contribution in [0.2, 0.25) is 0 Å². The summed E-state index contributed by atoms with van der Waals surface area (Å²) >= 11 is 0. The molecule has 3 nitrogen and oxygen atoms in total. The first-order valence-corrected chi connectivity index (χ1v) is 5.91. The molecule has 1 aliphatic heterocycles. The second-order valence-corrected chi connectivity index (χ2v) is 5.55. The molecular formula is C12H24N2O. The largest absolute Gasteiger partial charge is 0.340 e. The van der Waals surface area contributed by atoms with Crippen LogP contribution in [-0.4, -0.2) is 29.9 Å². The van der Waals surface area contributed by atoms with Crippen molar-refractivity contribution in [2.75, 3.05) is 13.1 Å². The number of nitrogens with zero attached hydrogens (tertiary/aromatic N) is 1. The summed E-state index contributed by atoms with van der Waals surface area (Å²) in [7, 11) is 0. The van der Waals surface area contributed by atoms with Gasteiger partial charge >= 0.3 is 0 Å². The Hall–Kier alpha value is -0.570. The van der Waals surface area contributed by atoms with Gasteiger partial charge in [-0.3, -0.25) is 4.79 Å². The van der Waals surface area contributed by atoms with Crippen LogP contribution in [0.3, 0.4) is 0 Å². The Kier molecular flexibility index (Phi) is 3.77. The van der Waals surface area contributed by atoms with Crippen LogP contribution >= 0.6 is 0 Å². The van der Waals surface area contributed by atoms with E-state index >= 15 is 0 Å². The zero-order valence-corrected chi connectivity index (χ0v) is 10.4. The quantitative estimate of drug-likeness (QED) is 0.756. The topological polar surface area (TPSA) is 46.3 Å². The van der Waals surface area contributed by atoms with Crippen LogP contribution in [0.15, 0.2) is 0 Å². The Balaban J connectivity index is 2.67. The van der Waals surface area contributed by atoms with Crippen molar-refractivity contribution in [3.8, 4) is 0 Å². The van der Waals surface area contributed by atoms with E-state index in [1.807, 2.05) is 18.7 Å². The van der Waals surface area contributed by atoms with E-state index in [1.165, 1.54) is 0 Å². The van der Waals surface area contributed by atoms with E-state index in [-0.39, 0.29) is 17.4 Å². The molecular weight excluding hydrogens is 188 g/mol. The van der Waals surface area contributed by atoms with Crippen molar-refractivity contribution >= 4 is 5.91 Å². The highest BCUT2D eigenvalue weighted by Gasteiger charge is 2.33. The van der Waals surface area contributed by atoms with Crippen molar-refractivity contribution < 1.29 is 4.79 Å². The Labute approximate surface area is 93.0 Å². The molecule has 1 fully saturated rings. The van der Waals surface area contributed by atoms with Crippen molar-refractivity contribution in [3.05, 3.63) is 0 Å². The molecule has 2 N–H and O–H groups in total.